The normalized spacial score (nSPS) is 27.0. The van der Waals surface area contributed by atoms with Gasteiger partial charge in [0.25, 0.3) is 0 Å². The highest BCUT2D eigenvalue weighted by Gasteiger charge is 2.45. The highest BCUT2D eigenvalue weighted by Crippen LogP contribution is 2.35. The second-order valence-corrected chi connectivity index (χ2v) is 7.12. The van der Waals surface area contributed by atoms with Crippen LogP contribution in [-0.2, 0) is 20.9 Å². The Morgan fingerprint density at radius 1 is 1.05 bits per heavy atom. The van der Waals surface area contributed by atoms with Crippen molar-refractivity contribution in [2.24, 2.45) is 0 Å². The lowest BCUT2D eigenvalue weighted by Crippen LogP contribution is -2.48. The van der Waals surface area contributed by atoms with E-state index >= 15 is 0 Å². The minimum Gasteiger partial charge on any atom is -0.378 e. The van der Waals surface area contributed by atoms with E-state index in [9.17, 15) is 21.6 Å². The average molecular weight is 321 g/mol. The van der Waals surface area contributed by atoms with Crippen LogP contribution in [0, 0.1) is 0 Å². The molecule has 0 aromatic heterocycles. The Balaban J connectivity index is 1.92. The van der Waals surface area contributed by atoms with Gasteiger partial charge in [-0.15, -0.1) is 0 Å². The Kier molecular flexibility index (Phi) is 3.50. The Morgan fingerprint density at radius 2 is 1.57 bits per heavy atom. The van der Waals surface area contributed by atoms with Crippen molar-refractivity contribution < 1.29 is 26.3 Å². The number of halogens is 3. The average Bonchev–Trinajstić information content (AvgIpc) is 2.69. The van der Waals surface area contributed by atoms with Crippen molar-refractivity contribution in [2.75, 3.05) is 13.2 Å². The molecule has 0 amide bonds. The van der Waals surface area contributed by atoms with Crippen LogP contribution in [0.1, 0.15) is 18.4 Å². The standard InChI is InChI=1S/C13H14F3NO3S/c14-13(15,16)9-1-5-12(6-2-9)21(18,19)17-10-3-4-11(17)8-20-7-10/h1-2,5-6,10-11H,3-4,7-8H2/t10-,11-/m0/s1. The first-order valence-corrected chi connectivity index (χ1v) is 8.03. The van der Waals surface area contributed by atoms with Crippen LogP contribution in [0.15, 0.2) is 29.2 Å². The van der Waals surface area contributed by atoms with Crippen molar-refractivity contribution in [3.8, 4) is 0 Å². The van der Waals surface area contributed by atoms with Crippen LogP contribution >= 0.6 is 0 Å². The summed E-state index contributed by atoms with van der Waals surface area (Å²) in [5.74, 6) is 0. The van der Waals surface area contributed by atoms with E-state index in [1.807, 2.05) is 0 Å². The molecule has 0 aliphatic carbocycles. The molecule has 1 aromatic carbocycles. The molecule has 0 N–H and O–H groups in total. The van der Waals surface area contributed by atoms with Crippen LogP contribution in [0.4, 0.5) is 13.2 Å². The van der Waals surface area contributed by atoms with Crippen molar-refractivity contribution in [1.29, 1.82) is 0 Å². The minimum atomic E-state index is -4.47. The summed E-state index contributed by atoms with van der Waals surface area (Å²) >= 11 is 0. The van der Waals surface area contributed by atoms with Crippen LogP contribution in [0.5, 0.6) is 0 Å². The molecular weight excluding hydrogens is 307 g/mol. The number of nitrogens with zero attached hydrogens (tertiary/aromatic N) is 1. The fraction of sp³-hybridized carbons (Fsp3) is 0.538. The first-order chi connectivity index (χ1) is 9.80. The van der Waals surface area contributed by atoms with Crippen molar-refractivity contribution in [3.05, 3.63) is 29.8 Å². The topological polar surface area (TPSA) is 46.6 Å². The third kappa shape index (κ3) is 2.56. The van der Waals surface area contributed by atoms with E-state index < -0.39 is 21.8 Å². The Bertz CT molecular complexity index is 611. The van der Waals surface area contributed by atoms with E-state index in [0.717, 1.165) is 37.1 Å². The number of hydrogen-bond donors (Lipinski definition) is 0. The molecule has 2 saturated heterocycles. The maximum atomic E-state index is 12.6. The second-order valence-electron chi connectivity index (χ2n) is 5.28. The van der Waals surface area contributed by atoms with Crippen LogP contribution in [0.2, 0.25) is 0 Å². The van der Waals surface area contributed by atoms with Gasteiger partial charge in [0.1, 0.15) is 0 Å². The van der Waals surface area contributed by atoms with Gasteiger partial charge in [-0.05, 0) is 37.1 Å². The van der Waals surface area contributed by atoms with Gasteiger partial charge in [-0.1, -0.05) is 0 Å². The molecule has 2 bridgehead atoms. The van der Waals surface area contributed by atoms with Gasteiger partial charge in [0, 0.05) is 12.1 Å². The number of ether oxygens (including phenoxy) is 1. The van der Waals surface area contributed by atoms with Gasteiger partial charge in [-0.25, -0.2) is 8.42 Å². The highest BCUT2D eigenvalue weighted by molar-refractivity contribution is 7.89. The van der Waals surface area contributed by atoms with Gasteiger partial charge in [0.05, 0.1) is 23.7 Å². The predicted octanol–water partition coefficient (Wildman–Crippen LogP) is 2.26. The molecule has 2 heterocycles. The lowest BCUT2D eigenvalue weighted by atomic mass is 10.2. The molecule has 4 nitrogen and oxygen atoms in total. The molecule has 116 valence electrons. The molecular formula is C13H14F3NO3S. The summed E-state index contributed by atoms with van der Waals surface area (Å²) in [6.45, 7) is 0.687. The minimum absolute atomic E-state index is 0.103. The summed E-state index contributed by atoms with van der Waals surface area (Å²) in [5, 5.41) is 0. The zero-order valence-corrected chi connectivity index (χ0v) is 11.8. The molecule has 2 aliphatic rings. The maximum Gasteiger partial charge on any atom is 0.416 e. The first-order valence-electron chi connectivity index (χ1n) is 6.59. The fourth-order valence-electron chi connectivity index (χ4n) is 2.92. The number of benzene rings is 1. The number of morpholine rings is 1. The number of fused-ring (bicyclic) bond motifs is 2. The quantitative estimate of drug-likeness (QED) is 0.839. The third-order valence-electron chi connectivity index (χ3n) is 3.93. The van der Waals surface area contributed by atoms with E-state index in [-0.39, 0.29) is 17.0 Å². The summed E-state index contributed by atoms with van der Waals surface area (Å²) in [7, 11) is -3.77. The van der Waals surface area contributed by atoms with Gasteiger partial charge in [0.2, 0.25) is 10.0 Å². The van der Waals surface area contributed by atoms with Crippen LogP contribution in [-0.4, -0.2) is 38.0 Å². The number of sulfonamides is 1. The SMILES string of the molecule is O=S(=O)(c1ccc(C(F)(F)F)cc1)N1[C@H]2CC[C@H]1COC2. The molecule has 21 heavy (non-hydrogen) atoms. The van der Waals surface area contributed by atoms with E-state index in [1.54, 1.807) is 0 Å². The smallest absolute Gasteiger partial charge is 0.378 e. The van der Waals surface area contributed by atoms with Gasteiger partial charge >= 0.3 is 6.18 Å². The van der Waals surface area contributed by atoms with Crippen molar-refractivity contribution in [2.45, 2.75) is 36.0 Å². The molecule has 3 rings (SSSR count). The Hall–Kier alpha value is -1.12. The molecule has 8 heteroatoms. The van der Waals surface area contributed by atoms with Gasteiger partial charge in [-0.2, -0.15) is 17.5 Å². The van der Waals surface area contributed by atoms with Gasteiger partial charge in [0.15, 0.2) is 0 Å². The summed E-state index contributed by atoms with van der Waals surface area (Å²) < 4.78 is 69.5. The van der Waals surface area contributed by atoms with Crippen LogP contribution < -0.4 is 0 Å². The summed E-state index contributed by atoms with van der Waals surface area (Å²) in [4.78, 5) is -0.103. The van der Waals surface area contributed by atoms with E-state index in [4.69, 9.17) is 4.74 Å². The molecule has 0 spiro atoms. The van der Waals surface area contributed by atoms with E-state index in [1.165, 1.54) is 4.31 Å². The van der Waals surface area contributed by atoms with Gasteiger partial charge < -0.3 is 4.74 Å². The van der Waals surface area contributed by atoms with E-state index in [0.29, 0.717) is 13.2 Å². The third-order valence-corrected chi connectivity index (χ3v) is 5.95. The highest BCUT2D eigenvalue weighted by atomic mass is 32.2. The summed E-state index contributed by atoms with van der Waals surface area (Å²) in [5.41, 5.74) is -0.855. The fourth-order valence-corrected chi connectivity index (χ4v) is 4.76. The van der Waals surface area contributed by atoms with Crippen LogP contribution in [0.3, 0.4) is 0 Å². The predicted molar refractivity (Wildman–Crippen MR) is 68.1 cm³/mol. The molecule has 0 radical (unpaired) electrons. The number of alkyl halides is 3. The van der Waals surface area contributed by atoms with Crippen molar-refractivity contribution >= 4 is 10.0 Å². The van der Waals surface area contributed by atoms with Crippen molar-refractivity contribution in [1.82, 2.24) is 4.31 Å². The zero-order chi connectivity index (χ0) is 15.3. The zero-order valence-electron chi connectivity index (χ0n) is 11.0. The van der Waals surface area contributed by atoms with Crippen molar-refractivity contribution in [3.63, 3.8) is 0 Å². The maximum absolute atomic E-state index is 12.6. The second kappa shape index (κ2) is 4.96. The Morgan fingerprint density at radius 3 is 2.05 bits per heavy atom. The van der Waals surface area contributed by atoms with Gasteiger partial charge in [-0.3, -0.25) is 0 Å². The monoisotopic (exact) mass is 321 g/mol. The first kappa shape index (κ1) is 14.8. The lowest BCUT2D eigenvalue weighted by Gasteiger charge is -2.33. The Labute approximate surface area is 120 Å². The molecule has 2 fully saturated rings. The summed E-state index contributed by atoms with van der Waals surface area (Å²) in [6.07, 6.45) is -3.02. The molecule has 2 atom stereocenters. The summed E-state index contributed by atoms with van der Waals surface area (Å²) in [6, 6.07) is 3.22. The number of hydrogen-bond acceptors (Lipinski definition) is 3. The number of rotatable bonds is 2. The molecule has 0 unspecified atom stereocenters. The van der Waals surface area contributed by atoms with E-state index in [2.05, 4.69) is 0 Å². The molecule has 1 aromatic rings. The molecule has 0 saturated carbocycles. The largest absolute Gasteiger partial charge is 0.416 e. The molecule has 2 aliphatic heterocycles. The lowest BCUT2D eigenvalue weighted by molar-refractivity contribution is -0.137. The van der Waals surface area contributed by atoms with Crippen LogP contribution in [0.25, 0.3) is 0 Å².